The number of carbonyl (C=O) groups excluding carboxylic acids is 1. The maximum absolute atomic E-state index is 13.1. The van der Waals surface area contributed by atoms with Gasteiger partial charge in [-0.25, -0.2) is 9.79 Å². The molecule has 1 heterocycles. The van der Waals surface area contributed by atoms with Crippen LogP contribution in [-0.2, 0) is 11.4 Å². The van der Waals surface area contributed by atoms with Crippen LogP contribution in [0.15, 0.2) is 76.6 Å². The number of carboxylic acids is 1. The number of aromatic carboxylic acids is 1. The Morgan fingerprint density at radius 3 is 2.59 bits per heavy atom. The Bertz CT molecular complexity index is 1390. The molecular weight excluding hydrogens is 512 g/mol. The van der Waals surface area contributed by atoms with Crippen molar-refractivity contribution in [3.63, 3.8) is 0 Å². The molecule has 1 fully saturated rings. The SMILES string of the molecule is CCOc1cc(C=C2SC(=Nc3cccc(C(=O)O)c3)N(CC)C2=O)ccc1OCc1cccc(Cl)c1. The first-order valence-corrected chi connectivity index (χ1v) is 12.8. The van der Waals surface area contributed by atoms with Crippen molar-refractivity contribution in [2.75, 3.05) is 13.2 Å². The van der Waals surface area contributed by atoms with Gasteiger partial charge in [-0.3, -0.25) is 9.69 Å². The van der Waals surface area contributed by atoms with Gasteiger partial charge in [0, 0.05) is 11.6 Å². The minimum absolute atomic E-state index is 0.135. The van der Waals surface area contributed by atoms with Crippen molar-refractivity contribution < 1.29 is 24.2 Å². The average Bonchev–Trinajstić information content (AvgIpc) is 3.17. The van der Waals surface area contributed by atoms with Crippen LogP contribution in [0.4, 0.5) is 5.69 Å². The molecule has 37 heavy (non-hydrogen) atoms. The van der Waals surface area contributed by atoms with E-state index in [1.807, 2.05) is 56.3 Å². The van der Waals surface area contributed by atoms with E-state index in [4.69, 9.17) is 21.1 Å². The summed E-state index contributed by atoms with van der Waals surface area (Å²) in [7, 11) is 0. The monoisotopic (exact) mass is 536 g/mol. The molecule has 4 rings (SSSR count). The summed E-state index contributed by atoms with van der Waals surface area (Å²) in [5.74, 6) is -0.0405. The van der Waals surface area contributed by atoms with E-state index < -0.39 is 5.97 Å². The number of amidine groups is 1. The van der Waals surface area contributed by atoms with Crippen LogP contribution in [0.2, 0.25) is 5.02 Å². The molecule has 1 amide bonds. The molecule has 0 atom stereocenters. The highest BCUT2D eigenvalue weighted by Gasteiger charge is 2.32. The number of aliphatic imine (C=N–C) groups is 1. The summed E-state index contributed by atoms with van der Waals surface area (Å²) in [5.41, 5.74) is 2.32. The molecule has 9 heteroatoms. The molecule has 1 saturated heterocycles. The quantitative estimate of drug-likeness (QED) is 0.308. The van der Waals surface area contributed by atoms with Gasteiger partial charge in [-0.1, -0.05) is 35.9 Å². The van der Waals surface area contributed by atoms with E-state index in [2.05, 4.69) is 4.99 Å². The Morgan fingerprint density at radius 2 is 1.86 bits per heavy atom. The molecule has 0 unspecified atom stereocenters. The van der Waals surface area contributed by atoms with Gasteiger partial charge >= 0.3 is 5.97 Å². The molecule has 1 N–H and O–H groups in total. The smallest absolute Gasteiger partial charge is 0.335 e. The van der Waals surface area contributed by atoms with E-state index in [-0.39, 0.29) is 11.5 Å². The van der Waals surface area contributed by atoms with Crippen LogP contribution < -0.4 is 9.47 Å². The third-order valence-corrected chi connectivity index (χ3v) is 6.61. The highest BCUT2D eigenvalue weighted by Crippen LogP contribution is 2.36. The Hall–Kier alpha value is -3.75. The number of carboxylic acid groups (broad SMARTS) is 1. The maximum atomic E-state index is 13.1. The van der Waals surface area contributed by atoms with Crippen molar-refractivity contribution in [3.8, 4) is 11.5 Å². The molecular formula is C28H25ClN2O5S. The largest absolute Gasteiger partial charge is 0.490 e. The first-order valence-electron chi connectivity index (χ1n) is 11.7. The summed E-state index contributed by atoms with van der Waals surface area (Å²) >= 11 is 7.31. The van der Waals surface area contributed by atoms with Gasteiger partial charge in [-0.05, 0) is 85.3 Å². The summed E-state index contributed by atoms with van der Waals surface area (Å²) < 4.78 is 11.8. The first kappa shape index (κ1) is 26.3. The second kappa shape index (κ2) is 12.0. The number of amides is 1. The summed E-state index contributed by atoms with van der Waals surface area (Å²) in [6.07, 6.45) is 1.79. The Labute approximate surface area is 224 Å². The number of hydrogen-bond acceptors (Lipinski definition) is 6. The molecule has 190 valence electrons. The average molecular weight is 537 g/mol. The minimum Gasteiger partial charge on any atom is -0.490 e. The number of hydrogen-bond donors (Lipinski definition) is 1. The van der Waals surface area contributed by atoms with Gasteiger partial charge in [-0.2, -0.15) is 0 Å². The lowest BCUT2D eigenvalue weighted by molar-refractivity contribution is -0.122. The van der Waals surface area contributed by atoms with Crippen molar-refractivity contribution in [3.05, 3.63) is 93.3 Å². The number of benzene rings is 3. The molecule has 1 aliphatic heterocycles. The fraction of sp³-hybridized carbons (Fsp3) is 0.179. The number of nitrogens with zero attached hydrogens (tertiary/aromatic N) is 2. The van der Waals surface area contributed by atoms with Gasteiger partial charge in [-0.15, -0.1) is 0 Å². The lowest BCUT2D eigenvalue weighted by Crippen LogP contribution is -2.28. The molecule has 3 aromatic rings. The van der Waals surface area contributed by atoms with Crippen molar-refractivity contribution >= 4 is 52.2 Å². The number of ether oxygens (including phenoxy) is 2. The lowest BCUT2D eigenvalue weighted by Gasteiger charge is -2.13. The van der Waals surface area contributed by atoms with E-state index >= 15 is 0 Å². The van der Waals surface area contributed by atoms with Crippen LogP contribution in [0.25, 0.3) is 6.08 Å². The number of rotatable bonds is 9. The lowest BCUT2D eigenvalue weighted by atomic mass is 10.1. The zero-order chi connectivity index (χ0) is 26.4. The van der Waals surface area contributed by atoms with Gasteiger partial charge in [0.15, 0.2) is 16.7 Å². The van der Waals surface area contributed by atoms with E-state index in [1.54, 1.807) is 23.1 Å². The minimum atomic E-state index is -1.03. The van der Waals surface area contributed by atoms with Crippen molar-refractivity contribution in [1.29, 1.82) is 0 Å². The van der Waals surface area contributed by atoms with Gasteiger partial charge < -0.3 is 14.6 Å². The van der Waals surface area contributed by atoms with E-state index in [9.17, 15) is 14.7 Å². The van der Waals surface area contributed by atoms with Gasteiger partial charge in [0.05, 0.1) is 22.8 Å². The molecule has 0 aromatic heterocycles. The Kier molecular flexibility index (Phi) is 8.53. The fourth-order valence-electron chi connectivity index (χ4n) is 3.63. The normalized spacial score (nSPS) is 15.4. The van der Waals surface area contributed by atoms with Crippen LogP contribution in [0.3, 0.4) is 0 Å². The van der Waals surface area contributed by atoms with Crippen molar-refractivity contribution in [2.24, 2.45) is 4.99 Å². The third kappa shape index (κ3) is 6.53. The maximum Gasteiger partial charge on any atom is 0.335 e. The molecule has 7 nitrogen and oxygen atoms in total. The first-order chi connectivity index (χ1) is 17.9. The summed E-state index contributed by atoms with van der Waals surface area (Å²) in [5, 5.41) is 10.4. The van der Waals surface area contributed by atoms with Crippen LogP contribution in [-0.4, -0.2) is 40.2 Å². The van der Waals surface area contributed by atoms with E-state index in [0.29, 0.717) is 52.0 Å². The highest BCUT2D eigenvalue weighted by atomic mass is 35.5. The summed E-state index contributed by atoms with van der Waals surface area (Å²) in [4.78, 5) is 31.0. The number of likely N-dealkylation sites (N-methyl/N-ethyl adjacent to an activating group) is 1. The Morgan fingerprint density at radius 1 is 1.05 bits per heavy atom. The van der Waals surface area contributed by atoms with E-state index in [1.165, 1.54) is 23.9 Å². The Balaban J connectivity index is 1.57. The second-order valence-corrected chi connectivity index (χ2v) is 9.41. The van der Waals surface area contributed by atoms with Crippen LogP contribution >= 0.6 is 23.4 Å². The standard InChI is InChI=1S/C28H25ClN2O5S/c1-3-31-26(32)25(37-28(31)30-22-10-6-8-20(16-22)27(33)34)15-18-11-12-23(24(14-18)35-4-2)36-17-19-7-5-9-21(29)13-19/h5-16H,3-4,17H2,1-2H3,(H,33,34). The molecule has 0 aliphatic carbocycles. The van der Waals surface area contributed by atoms with Crippen LogP contribution in [0.1, 0.15) is 35.3 Å². The summed E-state index contributed by atoms with van der Waals surface area (Å²) in [6, 6.07) is 19.3. The topological polar surface area (TPSA) is 88.4 Å². The second-order valence-electron chi connectivity index (χ2n) is 7.97. The molecule has 0 radical (unpaired) electrons. The van der Waals surface area contributed by atoms with Crippen molar-refractivity contribution in [1.82, 2.24) is 4.90 Å². The zero-order valence-electron chi connectivity index (χ0n) is 20.3. The van der Waals surface area contributed by atoms with Crippen molar-refractivity contribution in [2.45, 2.75) is 20.5 Å². The number of carbonyl (C=O) groups is 2. The van der Waals surface area contributed by atoms with E-state index in [0.717, 1.165) is 11.1 Å². The third-order valence-electron chi connectivity index (χ3n) is 5.37. The molecule has 1 aliphatic rings. The van der Waals surface area contributed by atoms with Gasteiger partial charge in [0.25, 0.3) is 5.91 Å². The molecule has 0 spiro atoms. The number of halogens is 1. The molecule has 0 bridgehead atoms. The fourth-order valence-corrected chi connectivity index (χ4v) is 4.91. The van der Waals surface area contributed by atoms with Crippen LogP contribution in [0.5, 0.6) is 11.5 Å². The predicted molar refractivity (Wildman–Crippen MR) is 147 cm³/mol. The van der Waals surface area contributed by atoms with Crippen LogP contribution in [0, 0.1) is 0 Å². The molecule has 0 saturated carbocycles. The predicted octanol–water partition coefficient (Wildman–Crippen LogP) is 6.64. The van der Waals surface area contributed by atoms with Gasteiger partial charge in [0.2, 0.25) is 0 Å². The number of thioether (sulfide) groups is 1. The highest BCUT2D eigenvalue weighted by molar-refractivity contribution is 8.18. The zero-order valence-corrected chi connectivity index (χ0v) is 21.9. The molecule has 3 aromatic carbocycles. The van der Waals surface area contributed by atoms with Gasteiger partial charge in [0.1, 0.15) is 6.61 Å². The summed E-state index contributed by atoms with van der Waals surface area (Å²) in [6.45, 7) is 4.98.